The molecule has 1 aliphatic heterocycles. The molecule has 0 spiro atoms. The van der Waals surface area contributed by atoms with Gasteiger partial charge in [0.1, 0.15) is 0 Å². The molecule has 1 N–H and O–H groups in total. The van der Waals surface area contributed by atoms with Crippen LogP contribution in [0.2, 0.25) is 5.02 Å². The molecule has 104 valence electrons. The van der Waals surface area contributed by atoms with E-state index in [1.54, 1.807) is 0 Å². The summed E-state index contributed by atoms with van der Waals surface area (Å²) >= 11 is 6.26. The molecule has 0 aromatic heterocycles. The van der Waals surface area contributed by atoms with E-state index in [1.807, 2.05) is 43.1 Å². The first-order valence-corrected chi connectivity index (χ1v) is 7.22. The maximum absolute atomic E-state index is 12.5. The second-order valence-corrected chi connectivity index (χ2v) is 5.58. The lowest BCUT2D eigenvalue weighted by Crippen LogP contribution is -2.38. The average Bonchev–Trinajstić information content (AvgIpc) is 2.87. The Labute approximate surface area is 119 Å². The van der Waals surface area contributed by atoms with Crippen molar-refractivity contribution in [1.82, 2.24) is 10.2 Å². The van der Waals surface area contributed by atoms with E-state index in [-0.39, 0.29) is 17.9 Å². The van der Waals surface area contributed by atoms with E-state index in [0.29, 0.717) is 6.54 Å². The molecule has 2 rings (SSSR count). The van der Waals surface area contributed by atoms with Crippen molar-refractivity contribution in [3.63, 3.8) is 0 Å². The van der Waals surface area contributed by atoms with E-state index >= 15 is 0 Å². The predicted octanol–water partition coefficient (Wildman–Crippen LogP) is 2.86. The first-order chi connectivity index (χ1) is 9.15. The van der Waals surface area contributed by atoms with Gasteiger partial charge in [-0.2, -0.15) is 0 Å². The van der Waals surface area contributed by atoms with Crippen molar-refractivity contribution in [3.05, 3.63) is 34.9 Å². The summed E-state index contributed by atoms with van der Waals surface area (Å²) < 4.78 is 0. The fourth-order valence-corrected chi connectivity index (χ4v) is 3.04. The Kier molecular flexibility index (Phi) is 4.83. The van der Waals surface area contributed by atoms with Gasteiger partial charge in [-0.15, -0.1) is 0 Å². The van der Waals surface area contributed by atoms with Gasteiger partial charge in [0.05, 0.1) is 6.04 Å². The Bertz CT molecular complexity index is 450. The van der Waals surface area contributed by atoms with Gasteiger partial charge in [-0.05, 0) is 31.5 Å². The third kappa shape index (κ3) is 3.10. The van der Waals surface area contributed by atoms with Crippen molar-refractivity contribution in [2.75, 3.05) is 20.1 Å². The molecule has 1 heterocycles. The standard InChI is InChI=1S/C15H21ClN2O/c1-11(10-17-2)15(19)18-9-5-8-14(18)12-6-3-4-7-13(12)16/h3-4,6-7,11,14,17H,5,8-10H2,1-2H3. The van der Waals surface area contributed by atoms with E-state index in [9.17, 15) is 4.79 Å². The summed E-state index contributed by atoms with van der Waals surface area (Å²) in [5.74, 6) is 0.227. The monoisotopic (exact) mass is 280 g/mol. The predicted molar refractivity (Wildman–Crippen MR) is 78.2 cm³/mol. The highest BCUT2D eigenvalue weighted by molar-refractivity contribution is 6.31. The van der Waals surface area contributed by atoms with Crippen molar-refractivity contribution in [1.29, 1.82) is 0 Å². The smallest absolute Gasteiger partial charge is 0.227 e. The Balaban J connectivity index is 2.17. The number of amides is 1. The van der Waals surface area contributed by atoms with Crippen molar-refractivity contribution < 1.29 is 4.79 Å². The van der Waals surface area contributed by atoms with E-state index in [4.69, 9.17) is 11.6 Å². The zero-order chi connectivity index (χ0) is 13.8. The molecule has 1 aromatic rings. The summed E-state index contributed by atoms with van der Waals surface area (Å²) in [6, 6.07) is 7.98. The van der Waals surface area contributed by atoms with Crippen LogP contribution in [0.25, 0.3) is 0 Å². The molecular weight excluding hydrogens is 260 g/mol. The van der Waals surface area contributed by atoms with Crippen LogP contribution in [-0.4, -0.2) is 30.9 Å². The summed E-state index contributed by atoms with van der Waals surface area (Å²) in [5.41, 5.74) is 1.08. The molecule has 4 heteroatoms. The number of carbonyl (C=O) groups excluding carboxylic acids is 1. The molecule has 1 amide bonds. The first kappa shape index (κ1) is 14.4. The first-order valence-electron chi connectivity index (χ1n) is 6.84. The van der Waals surface area contributed by atoms with Crippen molar-refractivity contribution in [2.45, 2.75) is 25.8 Å². The van der Waals surface area contributed by atoms with Crippen LogP contribution >= 0.6 is 11.6 Å². The van der Waals surface area contributed by atoms with Crippen LogP contribution in [0, 0.1) is 5.92 Å². The van der Waals surface area contributed by atoms with Gasteiger partial charge in [-0.25, -0.2) is 0 Å². The lowest BCUT2D eigenvalue weighted by molar-refractivity contribution is -0.135. The van der Waals surface area contributed by atoms with Gasteiger partial charge in [-0.1, -0.05) is 36.7 Å². The molecule has 0 radical (unpaired) electrons. The van der Waals surface area contributed by atoms with Gasteiger partial charge in [0.2, 0.25) is 5.91 Å². The van der Waals surface area contributed by atoms with Gasteiger partial charge < -0.3 is 10.2 Å². The van der Waals surface area contributed by atoms with Crippen LogP contribution in [0.5, 0.6) is 0 Å². The SMILES string of the molecule is CNCC(C)C(=O)N1CCCC1c1ccccc1Cl. The topological polar surface area (TPSA) is 32.3 Å². The molecule has 1 saturated heterocycles. The number of carbonyl (C=O) groups is 1. The molecule has 2 unspecified atom stereocenters. The summed E-state index contributed by atoms with van der Waals surface area (Å²) in [6.45, 7) is 3.52. The van der Waals surface area contributed by atoms with Crippen molar-refractivity contribution in [3.8, 4) is 0 Å². The average molecular weight is 281 g/mol. The normalized spacial score (nSPS) is 20.6. The van der Waals surface area contributed by atoms with E-state index in [0.717, 1.165) is 30.0 Å². The zero-order valence-electron chi connectivity index (χ0n) is 11.5. The molecule has 0 bridgehead atoms. The minimum atomic E-state index is 0.00749. The fourth-order valence-electron chi connectivity index (χ4n) is 2.78. The second kappa shape index (κ2) is 6.40. The zero-order valence-corrected chi connectivity index (χ0v) is 12.3. The highest BCUT2D eigenvalue weighted by atomic mass is 35.5. The quantitative estimate of drug-likeness (QED) is 0.920. The number of nitrogens with one attached hydrogen (secondary N) is 1. The van der Waals surface area contributed by atoms with Gasteiger partial charge in [0, 0.05) is 24.0 Å². The van der Waals surface area contributed by atoms with Crippen LogP contribution in [0.1, 0.15) is 31.4 Å². The third-order valence-corrected chi connectivity index (χ3v) is 4.08. The van der Waals surface area contributed by atoms with Crippen molar-refractivity contribution >= 4 is 17.5 Å². The number of halogens is 1. The van der Waals surface area contributed by atoms with Crippen LogP contribution < -0.4 is 5.32 Å². The van der Waals surface area contributed by atoms with E-state index in [1.165, 1.54) is 0 Å². The fraction of sp³-hybridized carbons (Fsp3) is 0.533. The lowest BCUT2D eigenvalue weighted by Gasteiger charge is -2.28. The lowest BCUT2D eigenvalue weighted by atomic mass is 10.0. The number of nitrogens with zero attached hydrogens (tertiary/aromatic N) is 1. The van der Waals surface area contributed by atoms with E-state index < -0.39 is 0 Å². The largest absolute Gasteiger partial charge is 0.335 e. The maximum Gasteiger partial charge on any atom is 0.227 e. The summed E-state index contributed by atoms with van der Waals surface area (Å²) in [5, 5.41) is 3.82. The maximum atomic E-state index is 12.5. The van der Waals surface area contributed by atoms with Gasteiger partial charge in [0.25, 0.3) is 0 Å². The van der Waals surface area contributed by atoms with Gasteiger partial charge in [-0.3, -0.25) is 4.79 Å². The summed E-state index contributed by atoms with van der Waals surface area (Å²) in [4.78, 5) is 14.5. The third-order valence-electron chi connectivity index (χ3n) is 3.73. The molecule has 1 fully saturated rings. The van der Waals surface area contributed by atoms with Crippen molar-refractivity contribution in [2.24, 2.45) is 5.92 Å². The molecule has 19 heavy (non-hydrogen) atoms. The second-order valence-electron chi connectivity index (χ2n) is 5.17. The summed E-state index contributed by atoms with van der Waals surface area (Å²) in [6.07, 6.45) is 2.05. The minimum Gasteiger partial charge on any atom is -0.335 e. The highest BCUT2D eigenvalue weighted by Gasteiger charge is 2.32. The van der Waals surface area contributed by atoms with Gasteiger partial charge in [0.15, 0.2) is 0 Å². The number of rotatable bonds is 4. The molecule has 1 aromatic carbocycles. The number of likely N-dealkylation sites (tertiary alicyclic amines) is 1. The van der Waals surface area contributed by atoms with Crippen LogP contribution in [0.15, 0.2) is 24.3 Å². The molecule has 0 aliphatic carbocycles. The molecule has 2 atom stereocenters. The molecule has 1 aliphatic rings. The Morgan fingerprint density at radius 2 is 2.26 bits per heavy atom. The highest BCUT2D eigenvalue weighted by Crippen LogP contribution is 2.36. The van der Waals surface area contributed by atoms with Crippen LogP contribution in [0.3, 0.4) is 0 Å². The Hall–Kier alpha value is -1.06. The molecule has 3 nitrogen and oxygen atoms in total. The van der Waals surface area contributed by atoms with Crippen LogP contribution in [0.4, 0.5) is 0 Å². The Morgan fingerprint density at radius 1 is 1.53 bits per heavy atom. The molecule has 0 saturated carbocycles. The number of benzene rings is 1. The summed E-state index contributed by atoms with van der Waals surface area (Å²) in [7, 11) is 1.87. The van der Waals surface area contributed by atoms with E-state index in [2.05, 4.69) is 5.32 Å². The molecular formula is C15H21ClN2O. The number of hydrogen-bond acceptors (Lipinski definition) is 2. The van der Waals surface area contributed by atoms with Crippen LogP contribution in [-0.2, 0) is 4.79 Å². The minimum absolute atomic E-state index is 0.00749. The number of hydrogen-bond donors (Lipinski definition) is 1. The van der Waals surface area contributed by atoms with Gasteiger partial charge >= 0.3 is 0 Å². The Morgan fingerprint density at radius 3 is 2.95 bits per heavy atom.